The Morgan fingerprint density at radius 2 is 1.57 bits per heavy atom. The molecule has 0 atom stereocenters. The van der Waals surface area contributed by atoms with Gasteiger partial charge in [-0.05, 0) is 30.2 Å². The molecule has 0 fully saturated rings. The molecule has 0 heterocycles. The van der Waals surface area contributed by atoms with E-state index in [0.29, 0.717) is 29.4 Å². The molecular weight excluding hydrogens is 266 g/mol. The van der Waals surface area contributed by atoms with E-state index < -0.39 is 0 Å². The first-order chi connectivity index (χ1) is 10.2. The Morgan fingerprint density at radius 3 is 2.10 bits per heavy atom. The number of benzene rings is 2. The maximum absolute atomic E-state index is 8.87. The molecule has 2 aromatic carbocycles. The highest BCUT2D eigenvalue weighted by Gasteiger charge is 2.05. The molecule has 0 aliphatic heterocycles. The van der Waals surface area contributed by atoms with Gasteiger partial charge in [0.05, 0.1) is 25.9 Å². The van der Waals surface area contributed by atoms with E-state index in [9.17, 15) is 0 Å². The highest BCUT2D eigenvalue weighted by Crippen LogP contribution is 2.28. The Balaban J connectivity index is 2.14. The largest absolute Gasteiger partial charge is 0.496 e. The third-order valence-corrected chi connectivity index (χ3v) is 3.19. The summed E-state index contributed by atoms with van der Waals surface area (Å²) in [5.74, 6) is 2.04. The number of nitriles is 1. The third kappa shape index (κ3) is 3.67. The molecule has 4 nitrogen and oxygen atoms in total. The van der Waals surface area contributed by atoms with Crippen LogP contribution in [0.3, 0.4) is 0 Å². The van der Waals surface area contributed by atoms with Crippen LogP contribution in [0.25, 0.3) is 0 Å². The number of rotatable bonds is 5. The Kier molecular flexibility index (Phi) is 4.68. The summed E-state index contributed by atoms with van der Waals surface area (Å²) < 4.78 is 16.2. The van der Waals surface area contributed by atoms with Crippen molar-refractivity contribution in [3.63, 3.8) is 0 Å². The predicted molar refractivity (Wildman–Crippen MR) is 79.8 cm³/mol. The average molecular weight is 283 g/mol. The van der Waals surface area contributed by atoms with E-state index in [1.807, 2.05) is 31.2 Å². The summed E-state index contributed by atoms with van der Waals surface area (Å²) >= 11 is 0. The second-order valence-corrected chi connectivity index (χ2v) is 4.59. The van der Waals surface area contributed by atoms with Gasteiger partial charge < -0.3 is 14.2 Å². The summed E-state index contributed by atoms with van der Waals surface area (Å²) in [5, 5.41) is 8.87. The van der Waals surface area contributed by atoms with E-state index in [1.54, 1.807) is 26.4 Å². The summed E-state index contributed by atoms with van der Waals surface area (Å²) in [6.45, 7) is 2.39. The monoisotopic (exact) mass is 283 g/mol. The van der Waals surface area contributed by atoms with Gasteiger partial charge in [0, 0.05) is 18.2 Å². The molecule has 2 rings (SSSR count). The molecule has 4 heteroatoms. The van der Waals surface area contributed by atoms with E-state index >= 15 is 0 Å². The van der Waals surface area contributed by atoms with Crippen LogP contribution in [0.4, 0.5) is 0 Å². The van der Waals surface area contributed by atoms with Crippen LogP contribution in [0, 0.1) is 18.3 Å². The summed E-state index contributed by atoms with van der Waals surface area (Å²) in [6, 6.07) is 13.1. The van der Waals surface area contributed by atoms with E-state index in [-0.39, 0.29) is 0 Å². The van der Waals surface area contributed by atoms with Gasteiger partial charge in [0.25, 0.3) is 0 Å². The normalized spacial score (nSPS) is 9.81. The second-order valence-electron chi connectivity index (χ2n) is 4.59. The number of aryl methyl sites for hydroxylation is 1. The molecule has 0 aliphatic rings. The van der Waals surface area contributed by atoms with Crippen molar-refractivity contribution < 1.29 is 14.2 Å². The van der Waals surface area contributed by atoms with Gasteiger partial charge in [0.1, 0.15) is 23.9 Å². The third-order valence-electron chi connectivity index (χ3n) is 3.19. The molecule has 0 spiro atoms. The molecule has 0 N–H and O–H groups in total. The minimum atomic E-state index is 0.424. The molecule has 0 saturated carbocycles. The zero-order chi connectivity index (χ0) is 15.2. The van der Waals surface area contributed by atoms with Gasteiger partial charge >= 0.3 is 0 Å². The topological polar surface area (TPSA) is 51.5 Å². The molecule has 0 unspecified atom stereocenters. The second kappa shape index (κ2) is 6.67. The maximum Gasteiger partial charge on any atom is 0.127 e. The van der Waals surface area contributed by atoms with E-state index in [2.05, 4.69) is 6.07 Å². The van der Waals surface area contributed by atoms with Crippen molar-refractivity contribution in [2.75, 3.05) is 14.2 Å². The summed E-state index contributed by atoms with van der Waals surface area (Å²) in [5.41, 5.74) is 2.72. The lowest BCUT2D eigenvalue weighted by Gasteiger charge is -2.11. The molecule has 0 saturated heterocycles. The molecule has 0 aliphatic carbocycles. The minimum Gasteiger partial charge on any atom is -0.496 e. The van der Waals surface area contributed by atoms with Crippen LogP contribution in [0.15, 0.2) is 36.4 Å². The SMILES string of the molecule is COc1cc(OC)cc(OCc2ccc(C#N)cc2C)c1. The van der Waals surface area contributed by atoms with Crippen molar-refractivity contribution in [2.45, 2.75) is 13.5 Å². The first-order valence-corrected chi connectivity index (χ1v) is 6.51. The van der Waals surface area contributed by atoms with Crippen molar-refractivity contribution in [1.29, 1.82) is 5.26 Å². The summed E-state index contributed by atoms with van der Waals surface area (Å²) in [7, 11) is 3.20. The molecule has 0 bridgehead atoms. The highest BCUT2D eigenvalue weighted by atomic mass is 16.5. The van der Waals surface area contributed by atoms with Gasteiger partial charge in [-0.2, -0.15) is 5.26 Å². The predicted octanol–water partition coefficient (Wildman–Crippen LogP) is 3.46. The van der Waals surface area contributed by atoms with Crippen LogP contribution in [-0.4, -0.2) is 14.2 Å². The van der Waals surface area contributed by atoms with Gasteiger partial charge in [-0.15, -0.1) is 0 Å². The molecule has 0 aromatic heterocycles. The minimum absolute atomic E-state index is 0.424. The smallest absolute Gasteiger partial charge is 0.127 e. The zero-order valence-electron chi connectivity index (χ0n) is 12.3. The molecule has 21 heavy (non-hydrogen) atoms. The van der Waals surface area contributed by atoms with Gasteiger partial charge in [0.2, 0.25) is 0 Å². The molecule has 0 radical (unpaired) electrons. The number of hydrogen-bond donors (Lipinski definition) is 0. The zero-order valence-corrected chi connectivity index (χ0v) is 12.3. The standard InChI is InChI=1S/C17H17NO3/c1-12-6-13(10-18)4-5-14(12)11-21-17-8-15(19-2)7-16(9-17)20-3/h4-9H,11H2,1-3H3. The fourth-order valence-electron chi connectivity index (χ4n) is 1.95. The van der Waals surface area contributed by atoms with E-state index in [1.165, 1.54) is 0 Å². The van der Waals surface area contributed by atoms with Gasteiger partial charge in [-0.3, -0.25) is 0 Å². The summed E-state index contributed by atoms with van der Waals surface area (Å²) in [4.78, 5) is 0. The van der Waals surface area contributed by atoms with Crippen molar-refractivity contribution in [2.24, 2.45) is 0 Å². The van der Waals surface area contributed by atoms with Crippen LogP contribution in [-0.2, 0) is 6.61 Å². The lowest BCUT2D eigenvalue weighted by atomic mass is 10.1. The van der Waals surface area contributed by atoms with Gasteiger partial charge in [0.15, 0.2) is 0 Å². The molecule has 0 amide bonds. The fourth-order valence-corrected chi connectivity index (χ4v) is 1.95. The molecule has 108 valence electrons. The van der Waals surface area contributed by atoms with Crippen molar-refractivity contribution in [3.05, 3.63) is 53.1 Å². The molecule has 2 aromatic rings. The van der Waals surface area contributed by atoms with Crippen LogP contribution < -0.4 is 14.2 Å². The lowest BCUT2D eigenvalue weighted by molar-refractivity contribution is 0.299. The Morgan fingerprint density at radius 1 is 0.952 bits per heavy atom. The van der Waals surface area contributed by atoms with Crippen LogP contribution >= 0.6 is 0 Å². The summed E-state index contributed by atoms with van der Waals surface area (Å²) in [6.07, 6.45) is 0. The van der Waals surface area contributed by atoms with Crippen LogP contribution in [0.5, 0.6) is 17.2 Å². The quantitative estimate of drug-likeness (QED) is 0.843. The van der Waals surface area contributed by atoms with Gasteiger partial charge in [-0.25, -0.2) is 0 Å². The Hall–Kier alpha value is -2.67. The van der Waals surface area contributed by atoms with Crippen molar-refractivity contribution in [3.8, 4) is 23.3 Å². The Bertz CT molecular complexity index is 652. The first-order valence-electron chi connectivity index (χ1n) is 6.51. The van der Waals surface area contributed by atoms with Crippen molar-refractivity contribution >= 4 is 0 Å². The maximum atomic E-state index is 8.87. The number of hydrogen-bond acceptors (Lipinski definition) is 4. The number of ether oxygens (including phenoxy) is 3. The van der Waals surface area contributed by atoms with Crippen LogP contribution in [0.1, 0.15) is 16.7 Å². The highest BCUT2D eigenvalue weighted by molar-refractivity contribution is 5.42. The lowest BCUT2D eigenvalue weighted by Crippen LogP contribution is -1.99. The van der Waals surface area contributed by atoms with Crippen LogP contribution in [0.2, 0.25) is 0 Å². The molecular formula is C17H17NO3. The number of nitrogens with zero attached hydrogens (tertiary/aromatic N) is 1. The fraction of sp³-hybridized carbons (Fsp3) is 0.235. The van der Waals surface area contributed by atoms with Crippen molar-refractivity contribution in [1.82, 2.24) is 0 Å². The number of methoxy groups -OCH3 is 2. The first kappa shape index (κ1) is 14.7. The van der Waals surface area contributed by atoms with Gasteiger partial charge in [-0.1, -0.05) is 6.07 Å². The van der Waals surface area contributed by atoms with E-state index in [4.69, 9.17) is 19.5 Å². The average Bonchev–Trinajstić information content (AvgIpc) is 2.53. The Labute approximate surface area is 124 Å². The van der Waals surface area contributed by atoms with E-state index in [0.717, 1.165) is 11.1 Å².